The van der Waals surface area contributed by atoms with E-state index >= 15 is 0 Å². The van der Waals surface area contributed by atoms with E-state index < -0.39 is 20.1 Å². The van der Waals surface area contributed by atoms with Crippen LogP contribution in [0.3, 0.4) is 0 Å². The third-order valence-corrected chi connectivity index (χ3v) is 12.6. The number of ether oxygens (including phenoxy) is 3. The molecule has 266 valence electrons. The van der Waals surface area contributed by atoms with Crippen LogP contribution in [0.1, 0.15) is 57.8 Å². The Morgan fingerprint density at radius 2 is 0.938 bits per heavy atom. The highest BCUT2D eigenvalue weighted by Crippen LogP contribution is 2.68. The Kier molecular flexibility index (Phi) is 19.5. The lowest BCUT2D eigenvalue weighted by molar-refractivity contribution is -0.121. The van der Waals surface area contributed by atoms with E-state index in [0.29, 0.717) is 46.0 Å². The van der Waals surface area contributed by atoms with Gasteiger partial charge in [-0.25, -0.2) is 0 Å². The highest BCUT2D eigenvalue weighted by molar-refractivity contribution is 8.33. The van der Waals surface area contributed by atoms with Crippen LogP contribution >= 0.6 is 10.0 Å². The van der Waals surface area contributed by atoms with Crippen molar-refractivity contribution >= 4 is 26.1 Å². The average Bonchev–Trinajstić information content (AvgIpc) is 3.10. The normalized spacial score (nSPS) is 12.2. The Bertz CT molecular complexity index is 1260. The van der Waals surface area contributed by atoms with E-state index in [0.717, 1.165) is 24.9 Å². The Morgan fingerprint density at radius 1 is 0.542 bits per heavy atom. The first-order chi connectivity index (χ1) is 23.4. The maximum Gasteiger partial charge on any atom is 0.264 e. The molecule has 8 nitrogen and oxygen atoms in total. The van der Waals surface area contributed by atoms with Gasteiger partial charge in [0.15, 0.2) is 0 Å². The summed E-state index contributed by atoms with van der Waals surface area (Å²) in [5, 5.41) is 2.92. The van der Waals surface area contributed by atoms with Gasteiger partial charge in [0, 0.05) is 13.0 Å². The number of carbonyl (C=O) groups excluding carboxylic acids is 1. The Hall–Kier alpha value is -2.73. The fourth-order valence-electron chi connectivity index (χ4n) is 5.52. The molecular formula is C38H55NO7S2. The van der Waals surface area contributed by atoms with Gasteiger partial charge in [-0.15, -0.1) is 0 Å². The molecule has 0 saturated heterocycles. The summed E-state index contributed by atoms with van der Waals surface area (Å²) in [4.78, 5) is 16.4. The third kappa shape index (κ3) is 15.7. The maximum atomic E-state index is 12.1. The molecule has 0 aromatic heterocycles. The van der Waals surface area contributed by atoms with Gasteiger partial charge in [0.25, 0.3) is 10.1 Å². The number of rotatable bonds is 27. The molecule has 1 amide bonds. The molecule has 0 spiro atoms. The summed E-state index contributed by atoms with van der Waals surface area (Å²) in [6.07, 6.45) is 10.9. The highest BCUT2D eigenvalue weighted by atomic mass is 32.3. The molecule has 0 saturated carbocycles. The summed E-state index contributed by atoms with van der Waals surface area (Å²) in [6, 6.07) is 33.3. The van der Waals surface area contributed by atoms with Gasteiger partial charge in [-0.2, -0.15) is 18.4 Å². The molecule has 48 heavy (non-hydrogen) atoms. The van der Waals surface area contributed by atoms with Gasteiger partial charge >= 0.3 is 0 Å². The Morgan fingerprint density at radius 3 is 1.40 bits per heavy atom. The van der Waals surface area contributed by atoms with Gasteiger partial charge in [0.05, 0.1) is 52.5 Å². The van der Waals surface area contributed by atoms with Gasteiger partial charge in [0.1, 0.15) is 0 Å². The van der Waals surface area contributed by atoms with Crippen molar-refractivity contribution in [3.8, 4) is 0 Å². The summed E-state index contributed by atoms with van der Waals surface area (Å²) in [5.74, 6) is 1.23. The zero-order chi connectivity index (χ0) is 34.2. The van der Waals surface area contributed by atoms with E-state index in [1.54, 1.807) is 0 Å². The molecule has 3 rings (SSSR count). The first-order valence-electron chi connectivity index (χ1n) is 17.2. The van der Waals surface area contributed by atoms with Crippen molar-refractivity contribution in [3.63, 3.8) is 0 Å². The molecule has 1 N–H and O–H groups in total. The minimum absolute atomic E-state index is 0.00265. The molecule has 3 aromatic carbocycles. The molecule has 10 heteroatoms. The lowest BCUT2D eigenvalue weighted by atomic mass is 10.1. The topological polar surface area (TPSA) is 100 Å². The highest BCUT2D eigenvalue weighted by Gasteiger charge is 2.30. The van der Waals surface area contributed by atoms with Crippen LogP contribution in [-0.2, 0) is 33.3 Å². The van der Waals surface area contributed by atoms with Gasteiger partial charge in [0.2, 0.25) is 5.91 Å². The molecule has 0 fully saturated rings. The van der Waals surface area contributed by atoms with Crippen LogP contribution in [0, 0.1) is 0 Å². The number of unbranched alkanes of at least 4 members (excludes halogenated alkanes) is 7. The third-order valence-electron chi connectivity index (χ3n) is 7.88. The van der Waals surface area contributed by atoms with E-state index in [-0.39, 0.29) is 19.1 Å². The van der Waals surface area contributed by atoms with E-state index in [1.807, 2.05) is 0 Å². The smallest absolute Gasteiger partial charge is 0.264 e. The Labute approximate surface area is 290 Å². The number of carbonyl (C=O) groups is 1. The van der Waals surface area contributed by atoms with Crippen molar-refractivity contribution in [2.75, 3.05) is 64.8 Å². The summed E-state index contributed by atoms with van der Waals surface area (Å²) in [7, 11) is -4.77. The van der Waals surface area contributed by atoms with Crippen LogP contribution in [-0.4, -0.2) is 79.1 Å². The van der Waals surface area contributed by atoms with Crippen LogP contribution in [0.2, 0.25) is 0 Å². The molecule has 0 radical (unpaired) electrons. The van der Waals surface area contributed by atoms with Crippen molar-refractivity contribution in [1.29, 1.82) is 0 Å². The minimum Gasteiger partial charge on any atom is -0.377 e. The van der Waals surface area contributed by atoms with Crippen molar-refractivity contribution in [1.82, 2.24) is 5.32 Å². The molecule has 0 aliphatic carbocycles. The predicted octanol–water partition coefficient (Wildman–Crippen LogP) is 7.62. The number of nitrogens with one attached hydrogen (secondary N) is 1. The molecule has 0 unspecified atom stereocenters. The minimum atomic E-state index is -3.43. The lowest BCUT2D eigenvalue weighted by Crippen LogP contribution is -2.27. The van der Waals surface area contributed by atoms with Crippen LogP contribution in [0.5, 0.6) is 0 Å². The van der Waals surface area contributed by atoms with Crippen LogP contribution in [0.15, 0.2) is 106 Å². The molecule has 0 aliphatic heterocycles. The first kappa shape index (κ1) is 39.7. The molecule has 0 bridgehead atoms. The van der Waals surface area contributed by atoms with Crippen molar-refractivity contribution in [3.05, 3.63) is 91.0 Å². The standard InChI is InChI=1S/C38H55NO7S2/c1-47(41,42)46-33-32-45-31-30-44-29-28-43-27-26-39-38(40)25-17-6-4-2-3-5-7-18-34-48(35-19-11-8-12-20-35,36-21-13-9-14-22-36)37-23-15-10-16-24-37/h8-16,19-24H,2-7,17-18,25-34H2,1H3,(H,39,40). The van der Waals surface area contributed by atoms with Gasteiger partial charge in [-0.1, -0.05) is 93.1 Å². The van der Waals surface area contributed by atoms with Crippen LogP contribution < -0.4 is 5.32 Å². The van der Waals surface area contributed by atoms with E-state index in [4.69, 9.17) is 14.2 Å². The van der Waals surface area contributed by atoms with Gasteiger partial charge in [-0.3, -0.25) is 8.98 Å². The number of benzene rings is 3. The van der Waals surface area contributed by atoms with Gasteiger partial charge in [-0.05, 0) is 69.7 Å². The summed E-state index contributed by atoms with van der Waals surface area (Å²) < 4.78 is 42.3. The van der Waals surface area contributed by atoms with E-state index in [9.17, 15) is 13.2 Å². The summed E-state index contributed by atoms with van der Waals surface area (Å²) in [5.41, 5.74) is 0. The summed E-state index contributed by atoms with van der Waals surface area (Å²) >= 11 is 0. The predicted molar refractivity (Wildman–Crippen MR) is 194 cm³/mol. The van der Waals surface area contributed by atoms with Crippen molar-refractivity contribution in [2.45, 2.75) is 72.5 Å². The zero-order valence-corrected chi connectivity index (χ0v) is 30.2. The lowest BCUT2D eigenvalue weighted by Gasteiger charge is -2.42. The molecule has 0 heterocycles. The number of hydrogen-bond acceptors (Lipinski definition) is 7. The van der Waals surface area contributed by atoms with E-state index in [2.05, 4.69) is 100 Å². The van der Waals surface area contributed by atoms with Crippen molar-refractivity contribution < 1.29 is 31.6 Å². The average molecular weight is 702 g/mol. The van der Waals surface area contributed by atoms with Crippen molar-refractivity contribution in [2.24, 2.45) is 0 Å². The van der Waals surface area contributed by atoms with Crippen LogP contribution in [0.25, 0.3) is 0 Å². The summed E-state index contributed by atoms with van der Waals surface area (Å²) in [6.45, 7) is 2.72. The molecular weight excluding hydrogens is 647 g/mol. The number of hydrogen-bond donors (Lipinski definition) is 1. The molecule has 3 aromatic rings. The second-order valence-electron chi connectivity index (χ2n) is 11.7. The number of amides is 1. The second kappa shape index (κ2) is 23.6. The largest absolute Gasteiger partial charge is 0.377 e. The fourth-order valence-corrected chi connectivity index (χ4v) is 9.92. The molecule has 0 atom stereocenters. The monoisotopic (exact) mass is 701 g/mol. The Balaban J connectivity index is 1.20. The maximum absolute atomic E-state index is 12.1. The zero-order valence-electron chi connectivity index (χ0n) is 28.6. The fraction of sp³-hybridized carbons (Fsp3) is 0.500. The SMILES string of the molecule is CS(=O)(=O)OCCOCCOCCOCCNC(=O)CCCCCCCCCCS(c1ccccc1)(c1ccccc1)c1ccccc1. The molecule has 0 aliphatic rings. The quantitative estimate of drug-likeness (QED) is 0.0645. The van der Waals surface area contributed by atoms with E-state index in [1.165, 1.54) is 53.2 Å². The second-order valence-corrected chi connectivity index (χ2v) is 16.6. The van der Waals surface area contributed by atoms with Crippen LogP contribution in [0.4, 0.5) is 0 Å². The first-order valence-corrected chi connectivity index (χ1v) is 20.8. The van der Waals surface area contributed by atoms with Gasteiger partial charge < -0.3 is 19.5 Å².